The second kappa shape index (κ2) is 8.66. The van der Waals surface area contributed by atoms with Crippen LogP contribution in [0.3, 0.4) is 0 Å². The van der Waals surface area contributed by atoms with Gasteiger partial charge in [-0.1, -0.05) is 6.07 Å². The molecule has 1 aliphatic rings. The molecule has 0 radical (unpaired) electrons. The van der Waals surface area contributed by atoms with E-state index in [1.54, 1.807) is 43.5 Å². The van der Waals surface area contributed by atoms with E-state index in [1.807, 2.05) is 19.9 Å². The van der Waals surface area contributed by atoms with Gasteiger partial charge in [-0.2, -0.15) is 0 Å². The molecule has 0 saturated heterocycles. The third-order valence-corrected chi connectivity index (χ3v) is 6.18. The van der Waals surface area contributed by atoms with Gasteiger partial charge in [0.25, 0.3) is 0 Å². The lowest BCUT2D eigenvalue weighted by Gasteiger charge is -2.38. The Balaban J connectivity index is 1.84. The molecule has 1 aliphatic heterocycles. The van der Waals surface area contributed by atoms with E-state index in [9.17, 15) is 13.2 Å². The van der Waals surface area contributed by atoms with Gasteiger partial charge in [0.05, 0.1) is 32.2 Å². The van der Waals surface area contributed by atoms with Gasteiger partial charge in [-0.15, -0.1) is 0 Å². The van der Waals surface area contributed by atoms with Gasteiger partial charge in [-0.3, -0.25) is 9.10 Å². The molecule has 9 heteroatoms. The third kappa shape index (κ3) is 5.41. The van der Waals surface area contributed by atoms with Gasteiger partial charge < -0.3 is 19.5 Å². The normalized spacial score (nSPS) is 17.1. The van der Waals surface area contributed by atoms with E-state index in [2.05, 4.69) is 5.32 Å². The highest BCUT2D eigenvalue weighted by Crippen LogP contribution is 2.41. The lowest BCUT2D eigenvalue weighted by atomic mass is 9.89. The van der Waals surface area contributed by atoms with E-state index >= 15 is 0 Å². The number of benzene rings is 2. The van der Waals surface area contributed by atoms with E-state index in [-0.39, 0.29) is 12.6 Å². The van der Waals surface area contributed by atoms with Crippen LogP contribution in [0, 0.1) is 0 Å². The molecule has 0 saturated carbocycles. The maximum absolute atomic E-state index is 12.9. The highest BCUT2D eigenvalue weighted by molar-refractivity contribution is 7.92. The largest absolute Gasteiger partial charge is 0.497 e. The first-order valence-electron chi connectivity index (χ1n) is 9.80. The fraction of sp³-hybridized carbons (Fsp3) is 0.409. The van der Waals surface area contributed by atoms with Crippen molar-refractivity contribution < 1.29 is 27.4 Å². The number of anilines is 1. The van der Waals surface area contributed by atoms with Crippen molar-refractivity contribution >= 4 is 21.6 Å². The topological polar surface area (TPSA) is 94.2 Å². The Labute approximate surface area is 183 Å². The fourth-order valence-corrected chi connectivity index (χ4v) is 4.47. The molecule has 1 amide bonds. The number of hydrogen-bond donors (Lipinski definition) is 1. The van der Waals surface area contributed by atoms with Gasteiger partial charge in [-0.25, -0.2) is 8.42 Å². The minimum atomic E-state index is -3.70. The second-order valence-electron chi connectivity index (χ2n) is 8.06. The summed E-state index contributed by atoms with van der Waals surface area (Å²) in [6.07, 6.45) is 1.61. The molecule has 2 aromatic carbocycles. The molecule has 1 heterocycles. The van der Waals surface area contributed by atoms with Crippen LogP contribution >= 0.6 is 0 Å². The van der Waals surface area contributed by atoms with E-state index in [0.29, 0.717) is 29.4 Å². The average molecular weight is 449 g/mol. The van der Waals surface area contributed by atoms with Crippen molar-refractivity contribution in [2.45, 2.75) is 31.9 Å². The number of sulfonamides is 1. The van der Waals surface area contributed by atoms with Crippen molar-refractivity contribution in [2.24, 2.45) is 0 Å². The third-order valence-electron chi connectivity index (χ3n) is 5.04. The summed E-state index contributed by atoms with van der Waals surface area (Å²) in [4.78, 5) is 12.9. The smallest absolute Gasteiger partial charge is 0.241 e. The molecule has 0 bridgehead atoms. The van der Waals surface area contributed by atoms with Crippen molar-refractivity contribution in [2.75, 3.05) is 31.3 Å². The SMILES string of the molecule is COc1cccc(N(CC(=O)N[C@@H]2CC(C)(C)Oc3cc(OC)ccc32)S(C)(=O)=O)c1. The highest BCUT2D eigenvalue weighted by atomic mass is 32.2. The van der Waals surface area contributed by atoms with Crippen molar-refractivity contribution in [3.05, 3.63) is 48.0 Å². The van der Waals surface area contributed by atoms with E-state index in [1.165, 1.54) is 7.11 Å². The molecule has 0 fully saturated rings. The quantitative estimate of drug-likeness (QED) is 0.700. The molecule has 3 rings (SSSR count). The minimum absolute atomic E-state index is 0.330. The highest BCUT2D eigenvalue weighted by Gasteiger charge is 2.35. The molecule has 2 aromatic rings. The standard InChI is InChI=1S/C22H28N2O6S/c1-22(2)13-19(18-10-9-17(29-4)12-20(18)30-22)23-21(25)14-24(31(5,26)27)15-7-6-8-16(11-15)28-3/h6-12,19H,13-14H2,1-5H3,(H,23,25)/t19-/m1/s1. The van der Waals surface area contributed by atoms with Crippen LogP contribution in [0.25, 0.3) is 0 Å². The van der Waals surface area contributed by atoms with Crippen molar-refractivity contribution in [3.63, 3.8) is 0 Å². The van der Waals surface area contributed by atoms with Gasteiger partial charge in [0.1, 0.15) is 29.4 Å². The first-order valence-corrected chi connectivity index (χ1v) is 11.7. The molecule has 1 N–H and O–H groups in total. The number of ether oxygens (including phenoxy) is 3. The molecule has 0 aromatic heterocycles. The Hall–Kier alpha value is -2.94. The number of nitrogens with one attached hydrogen (secondary N) is 1. The number of amides is 1. The molecule has 8 nitrogen and oxygen atoms in total. The van der Waals surface area contributed by atoms with Gasteiger partial charge in [0.2, 0.25) is 15.9 Å². The molecular formula is C22H28N2O6S. The number of hydrogen-bond acceptors (Lipinski definition) is 6. The zero-order valence-electron chi connectivity index (χ0n) is 18.3. The van der Waals surface area contributed by atoms with Crippen LogP contribution in [-0.2, 0) is 14.8 Å². The predicted molar refractivity (Wildman–Crippen MR) is 118 cm³/mol. The Kier molecular flexibility index (Phi) is 6.35. The van der Waals surface area contributed by atoms with Crippen molar-refractivity contribution in [1.29, 1.82) is 0 Å². The summed E-state index contributed by atoms with van der Waals surface area (Å²) in [5, 5.41) is 2.97. The summed E-state index contributed by atoms with van der Waals surface area (Å²) in [5.41, 5.74) is 0.663. The molecule has 0 spiro atoms. The molecule has 31 heavy (non-hydrogen) atoms. The summed E-state index contributed by atoms with van der Waals surface area (Å²) in [5.74, 6) is 1.37. The van der Waals surface area contributed by atoms with Crippen molar-refractivity contribution in [1.82, 2.24) is 5.32 Å². The Morgan fingerprint density at radius 3 is 2.48 bits per heavy atom. The van der Waals surface area contributed by atoms with E-state index in [0.717, 1.165) is 16.1 Å². The molecule has 1 atom stereocenters. The van der Waals surface area contributed by atoms with Crippen LogP contribution in [0.2, 0.25) is 0 Å². The number of carbonyl (C=O) groups is 1. The summed E-state index contributed by atoms with van der Waals surface area (Å²) in [6, 6.07) is 11.7. The Morgan fingerprint density at radius 1 is 1.16 bits per heavy atom. The van der Waals surface area contributed by atoms with Crippen molar-refractivity contribution in [3.8, 4) is 17.2 Å². The van der Waals surface area contributed by atoms with Gasteiger partial charge in [0.15, 0.2) is 0 Å². The maximum atomic E-state index is 12.9. The van der Waals surface area contributed by atoms with Crippen LogP contribution in [-0.4, -0.2) is 46.9 Å². The Morgan fingerprint density at radius 2 is 1.84 bits per heavy atom. The van der Waals surface area contributed by atoms with Crippen LogP contribution in [0.15, 0.2) is 42.5 Å². The molecular weight excluding hydrogens is 420 g/mol. The lowest BCUT2D eigenvalue weighted by Crippen LogP contribution is -2.45. The maximum Gasteiger partial charge on any atom is 0.241 e. The van der Waals surface area contributed by atoms with Crippen LogP contribution in [0.5, 0.6) is 17.2 Å². The summed E-state index contributed by atoms with van der Waals surface area (Å²) >= 11 is 0. The average Bonchev–Trinajstić information content (AvgIpc) is 2.69. The fourth-order valence-electron chi connectivity index (χ4n) is 3.62. The molecule has 0 aliphatic carbocycles. The van der Waals surface area contributed by atoms with Gasteiger partial charge in [-0.05, 0) is 38.1 Å². The predicted octanol–water partition coefficient (Wildman–Crippen LogP) is 2.89. The molecule has 168 valence electrons. The van der Waals surface area contributed by atoms with Gasteiger partial charge in [0, 0.05) is 24.1 Å². The zero-order valence-corrected chi connectivity index (χ0v) is 19.2. The number of carbonyl (C=O) groups excluding carboxylic acids is 1. The molecule has 0 unspecified atom stereocenters. The first-order chi connectivity index (χ1) is 14.5. The monoisotopic (exact) mass is 448 g/mol. The zero-order chi connectivity index (χ0) is 22.8. The van der Waals surface area contributed by atoms with E-state index in [4.69, 9.17) is 14.2 Å². The summed E-state index contributed by atoms with van der Waals surface area (Å²) in [7, 11) is -0.623. The number of fused-ring (bicyclic) bond motifs is 1. The number of rotatable bonds is 7. The summed E-state index contributed by atoms with van der Waals surface area (Å²) < 4.78 is 42.4. The van der Waals surface area contributed by atoms with Crippen LogP contribution in [0.4, 0.5) is 5.69 Å². The van der Waals surface area contributed by atoms with Crippen LogP contribution in [0.1, 0.15) is 31.9 Å². The van der Waals surface area contributed by atoms with Gasteiger partial charge >= 0.3 is 0 Å². The number of methoxy groups -OCH3 is 2. The second-order valence-corrected chi connectivity index (χ2v) is 9.97. The summed E-state index contributed by atoms with van der Waals surface area (Å²) in [6.45, 7) is 3.52. The number of nitrogens with zero attached hydrogens (tertiary/aromatic N) is 1. The Bertz CT molecular complexity index is 1070. The van der Waals surface area contributed by atoms with Crippen LogP contribution < -0.4 is 23.8 Å². The first kappa shape index (κ1) is 22.7. The lowest BCUT2D eigenvalue weighted by molar-refractivity contribution is -0.120. The minimum Gasteiger partial charge on any atom is -0.497 e. The van der Waals surface area contributed by atoms with E-state index < -0.39 is 21.5 Å².